The quantitative estimate of drug-likeness (QED) is 0.825. The Bertz CT molecular complexity index is 747. The molecule has 8 heteroatoms. The average molecular weight is 339 g/mol. The van der Waals surface area contributed by atoms with Gasteiger partial charge >= 0.3 is 0 Å². The molecule has 0 fully saturated rings. The van der Waals surface area contributed by atoms with Gasteiger partial charge in [-0.15, -0.1) is 0 Å². The lowest BCUT2D eigenvalue weighted by Crippen LogP contribution is -2.29. The molecule has 2 aromatic rings. The molecule has 0 radical (unpaired) electrons. The van der Waals surface area contributed by atoms with Gasteiger partial charge < -0.3 is 14.5 Å². The van der Waals surface area contributed by atoms with E-state index in [1.807, 2.05) is 31.1 Å². The van der Waals surface area contributed by atoms with Gasteiger partial charge in [-0.25, -0.2) is 13.1 Å². The van der Waals surface area contributed by atoms with Crippen molar-refractivity contribution in [2.45, 2.75) is 24.8 Å². The highest BCUT2D eigenvalue weighted by Crippen LogP contribution is 2.20. The summed E-state index contributed by atoms with van der Waals surface area (Å²) in [6.45, 7) is 2.96. The van der Waals surface area contributed by atoms with Crippen LogP contribution >= 0.6 is 0 Å². The van der Waals surface area contributed by atoms with Crippen LogP contribution in [0.4, 0.5) is 5.69 Å². The minimum atomic E-state index is -3.78. The smallest absolute Gasteiger partial charge is 0.246 e. The third-order valence-electron chi connectivity index (χ3n) is 3.50. The predicted octanol–water partition coefficient (Wildman–Crippen LogP) is 1.37. The number of sulfonamides is 1. The number of aliphatic hydroxyl groups is 1. The largest absolute Gasteiger partial charge is 0.387 e. The number of aromatic nitrogens is 1. The molecule has 2 N–H and O–H groups in total. The lowest BCUT2D eigenvalue weighted by molar-refractivity contribution is 0.182. The fourth-order valence-electron chi connectivity index (χ4n) is 2.23. The van der Waals surface area contributed by atoms with Crippen LogP contribution in [0.2, 0.25) is 0 Å². The van der Waals surface area contributed by atoms with Crippen molar-refractivity contribution in [1.29, 1.82) is 0 Å². The first-order valence-corrected chi connectivity index (χ1v) is 8.58. The van der Waals surface area contributed by atoms with Gasteiger partial charge in [-0.05, 0) is 31.5 Å². The minimum absolute atomic E-state index is 0.0210. The Labute approximate surface area is 136 Å². The molecule has 2 rings (SSSR count). The number of nitrogens with zero attached hydrogens (tertiary/aromatic N) is 2. The molecule has 0 saturated carbocycles. The van der Waals surface area contributed by atoms with Gasteiger partial charge in [0.05, 0.1) is 6.10 Å². The molecule has 0 amide bonds. The highest BCUT2D eigenvalue weighted by Gasteiger charge is 2.24. The topological polar surface area (TPSA) is 95.7 Å². The number of hydrogen-bond donors (Lipinski definition) is 2. The second-order valence-electron chi connectivity index (χ2n) is 5.51. The standard InChI is InChI=1S/C15H21N3O4S/c1-10-15(11(2)22-17-10)23(20,21)16-9-14(19)12-5-7-13(8-6-12)18(3)4/h5-8,14,16,19H,9H2,1-4H3. The van der Waals surface area contributed by atoms with Crippen LogP contribution in [-0.2, 0) is 10.0 Å². The van der Waals surface area contributed by atoms with Gasteiger partial charge in [-0.1, -0.05) is 17.3 Å². The molecule has 1 atom stereocenters. The first-order chi connectivity index (χ1) is 10.7. The van der Waals surface area contributed by atoms with E-state index in [4.69, 9.17) is 4.52 Å². The van der Waals surface area contributed by atoms with Gasteiger partial charge in [0.25, 0.3) is 0 Å². The van der Waals surface area contributed by atoms with Crippen LogP contribution in [0.1, 0.15) is 23.1 Å². The first kappa shape index (κ1) is 17.5. The molecule has 0 saturated heterocycles. The molecule has 1 aromatic heterocycles. The van der Waals surface area contributed by atoms with Crippen molar-refractivity contribution in [3.63, 3.8) is 0 Å². The van der Waals surface area contributed by atoms with Gasteiger partial charge in [0.2, 0.25) is 10.0 Å². The Morgan fingerprint density at radius 2 is 1.87 bits per heavy atom. The average Bonchev–Trinajstić information content (AvgIpc) is 2.84. The molecule has 23 heavy (non-hydrogen) atoms. The van der Waals surface area contributed by atoms with Crippen molar-refractivity contribution in [2.24, 2.45) is 0 Å². The summed E-state index contributed by atoms with van der Waals surface area (Å²) in [5, 5.41) is 13.8. The summed E-state index contributed by atoms with van der Waals surface area (Å²) < 4.78 is 31.8. The Kier molecular flexibility index (Phi) is 5.08. The van der Waals surface area contributed by atoms with Gasteiger partial charge in [0, 0.05) is 26.3 Å². The molecular weight excluding hydrogens is 318 g/mol. The molecule has 126 valence electrons. The zero-order chi connectivity index (χ0) is 17.2. The van der Waals surface area contributed by atoms with Crippen LogP contribution < -0.4 is 9.62 Å². The number of anilines is 1. The highest BCUT2D eigenvalue weighted by molar-refractivity contribution is 7.89. The van der Waals surface area contributed by atoms with Gasteiger partial charge in [-0.3, -0.25) is 0 Å². The molecule has 0 aliphatic heterocycles. The van der Waals surface area contributed by atoms with Crippen molar-refractivity contribution in [2.75, 3.05) is 25.5 Å². The highest BCUT2D eigenvalue weighted by atomic mass is 32.2. The third kappa shape index (κ3) is 3.90. The van der Waals surface area contributed by atoms with Crippen molar-refractivity contribution in [1.82, 2.24) is 9.88 Å². The maximum Gasteiger partial charge on any atom is 0.246 e. The van der Waals surface area contributed by atoms with E-state index in [0.717, 1.165) is 5.69 Å². The summed E-state index contributed by atoms with van der Waals surface area (Å²) in [5.74, 6) is 0.222. The molecule has 0 aliphatic carbocycles. The van der Waals surface area contributed by atoms with Crippen LogP contribution in [-0.4, -0.2) is 39.3 Å². The Balaban J connectivity index is 2.08. The third-order valence-corrected chi connectivity index (χ3v) is 5.16. The van der Waals surface area contributed by atoms with Gasteiger partial charge in [-0.2, -0.15) is 0 Å². The second-order valence-corrected chi connectivity index (χ2v) is 7.21. The zero-order valence-electron chi connectivity index (χ0n) is 13.6. The minimum Gasteiger partial charge on any atom is -0.387 e. The van der Waals surface area contributed by atoms with Crippen molar-refractivity contribution in [3.8, 4) is 0 Å². The van der Waals surface area contributed by atoms with Crippen molar-refractivity contribution in [3.05, 3.63) is 41.3 Å². The maximum atomic E-state index is 12.3. The summed E-state index contributed by atoms with van der Waals surface area (Å²) in [6.07, 6.45) is -0.943. The van der Waals surface area contributed by atoms with Crippen molar-refractivity contribution < 1.29 is 18.0 Å². The normalized spacial score (nSPS) is 13.1. The van der Waals surface area contributed by atoms with E-state index in [2.05, 4.69) is 9.88 Å². The van der Waals surface area contributed by atoms with Crippen LogP contribution in [0.25, 0.3) is 0 Å². The van der Waals surface area contributed by atoms with Crippen LogP contribution in [0.5, 0.6) is 0 Å². The van der Waals surface area contributed by atoms with Crippen LogP contribution in [0.15, 0.2) is 33.7 Å². The number of aliphatic hydroxyl groups excluding tert-OH is 1. The number of benzene rings is 1. The molecule has 0 aliphatic rings. The van der Waals surface area contributed by atoms with Crippen LogP contribution in [0.3, 0.4) is 0 Å². The fraction of sp³-hybridized carbons (Fsp3) is 0.400. The van der Waals surface area contributed by atoms with Gasteiger partial charge in [0.1, 0.15) is 10.6 Å². The molecule has 0 bridgehead atoms. The van der Waals surface area contributed by atoms with E-state index in [9.17, 15) is 13.5 Å². The molecule has 1 aromatic carbocycles. The van der Waals surface area contributed by atoms with E-state index < -0.39 is 16.1 Å². The lowest BCUT2D eigenvalue weighted by Gasteiger charge is -2.15. The lowest BCUT2D eigenvalue weighted by atomic mass is 10.1. The Morgan fingerprint density at radius 1 is 1.26 bits per heavy atom. The SMILES string of the molecule is Cc1noc(C)c1S(=O)(=O)NCC(O)c1ccc(N(C)C)cc1. The summed E-state index contributed by atoms with van der Waals surface area (Å²) in [4.78, 5) is 1.96. The number of hydrogen-bond acceptors (Lipinski definition) is 6. The summed E-state index contributed by atoms with van der Waals surface area (Å²) in [5.41, 5.74) is 1.93. The summed E-state index contributed by atoms with van der Waals surface area (Å²) in [6, 6.07) is 7.26. The second kappa shape index (κ2) is 6.69. The fourth-order valence-corrected chi connectivity index (χ4v) is 3.60. The van der Waals surface area contributed by atoms with E-state index in [-0.39, 0.29) is 17.2 Å². The predicted molar refractivity (Wildman–Crippen MR) is 86.9 cm³/mol. The van der Waals surface area contributed by atoms with Gasteiger partial charge in [0.15, 0.2) is 5.76 Å². The van der Waals surface area contributed by atoms with E-state index in [1.54, 1.807) is 19.1 Å². The molecular formula is C15H21N3O4S. The van der Waals surface area contributed by atoms with Crippen molar-refractivity contribution >= 4 is 15.7 Å². The Hall–Kier alpha value is -1.90. The summed E-state index contributed by atoms with van der Waals surface area (Å²) >= 11 is 0. The number of rotatable bonds is 6. The number of aryl methyl sites for hydroxylation is 2. The molecule has 7 nitrogen and oxygen atoms in total. The van der Waals surface area contributed by atoms with Crippen LogP contribution in [0, 0.1) is 13.8 Å². The number of nitrogens with one attached hydrogen (secondary N) is 1. The van der Waals surface area contributed by atoms with E-state index in [1.165, 1.54) is 6.92 Å². The van der Waals surface area contributed by atoms with E-state index in [0.29, 0.717) is 11.3 Å². The monoisotopic (exact) mass is 339 g/mol. The Morgan fingerprint density at radius 3 is 2.35 bits per heavy atom. The maximum absolute atomic E-state index is 12.3. The summed E-state index contributed by atoms with van der Waals surface area (Å²) in [7, 11) is 0.0622. The van der Waals surface area contributed by atoms with E-state index >= 15 is 0 Å². The zero-order valence-corrected chi connectivity index (χ0v) is 14.4. The molecule has 0 spiro atoms. The molecule has 1 unspecified atom stereocenters. The molecule has 1 heterocycles. The first-order valence-electron chi connectivity index (χ1n) is 7.10.